The van der Waals surface area contributed by atoms with E-state index in [1.165, 1.54) is 0 Å². The van der Waals surface area contributed by atoms with Crippen LogP contribution < -0.4 is 0 Å². The maximum absolute atomic E-state index is 13.2. The van der Waals surface area contributed by atoms with E-state index in [0.717, 1.165) is 6.07 Å². The minimum Gasteiger partial charge on any atom is -0.204 e. The fourth-order valence-electron chi connectivity index (χ4n) is 1.43. The molecule has 0 amide bonds. The first-order valence-electron chi connectivity index (χ1n) is 4.07. The first-order chi connectivity index (χ1) is 6.74. The molecular weight excluding hydrogens is 182 g/mol. The van der Waals surface area contributed by atoms with Crippen molar-refractivity contribution in [2.45, 2.75) is 0 Å². The Balaban J connectivity index is 2.98. The minimum atomic E-state index is -0.953. The zero-order chi connectivity index (χ0) is 10.1. The van der Waals surface area contributed by atoms with Crippen molar-refractivity contribution in [2.24, 2.45) is 0 Å². The molecule has 2 aromatic carbocycles. The normalized spacial score (nSPS) is 10.1. The molecule has 0 fully saturated rings. The van der Waals surface area contributed by atoms with Crippen LogP contribution in [0, 0.1) is 24.0 Å². The molecule has 68 valence electrons. The SMILES string of the molecule is C#Cc1c(F)c(F)cc2ccccc12. The lowest BCUT2D eigenvalue weighted by Gasteiger charge is -2.02. The van der Waals surface area contributed by atoms with Gasteiger partial charge in [-0.1, -0.05) is 30.2 Å². The van der Waals surface area contributed by atoms with Crippen molar-refractivity contribution >= 4 is 10.8 Å². The van der Waals surface area contributed by atoms with Crippen LogP contribution in [0.3, 0.4) is 0 Å². The zero-order valence-electron chi connectivity index (χ0n) is 7.22. The standard InChI is InChI=1S/C12H6F2/c1-2-9-10-6-4-3-5-8(10)7-11(13)12(9)14/h1,3-7H. The molecule has 0 aliphatic rings. The third-order valence-corrected chi connectivity index (χ3v) is 2.09. The average molecular weight is 188 g/mol. The van der Waals surface area contributed by atoms with Crippen molar-refractivity contribution < 1.29 is 8.78 Å². The Morgan fingerprint density at radius 3 is 2.57 bits per heavy atom. The molecule has 2 aromatic rings. The largest absolute Gasteiger partial charge is 0.204 e. The highest BCUT2D eigenvalue weighted by atomic mass is 19.2. The van der Waals surface area contributed by atoms with Crippen LogP contribution in [0.15, 0.2) is 30.3 Å². The van der Waals surface area contributed by atoms with E-state index in [0.29, 0.717) is 10.8 Å². The number of halogens is 2. The molecule has 0 heterocycles. The average Bonchev–Trinajstić information content (AvgIpc) is 2.20. The fraction of sp³-hybridized carbons (Fsp3) is 0. The summed E-state index contributed by atoms with van der Waals surface area (Å²) >= 11 is 0. The molecule has 0 spiro atoms. The van der Waals surface area contributed by atoms with Gasteiger partial charge in [0, 0.05) is 5.39 Å². The molecule has 0 atom stereocenters. The molecular formula is C12H6F2. The van der Waals surface area contributed by atoms with E-state index in [-0.39, 0.29) is 5.56 Å². The fourth-order valence-corrected chi connectivity index (χ4v) is 1.43. The molecule has 14 heavy (non-hydrogen) atoms. The Labute approximate surface area is 80.2 Å². The third-order valence-electron chi connectivity index (χ3n) is 2.09. The predicted octanol–water partition coefficient (Wildman–Crippen LogP) is 3.10. The summed E-state index contributed by atoms with van der Waals surface area (Å²) in [6.45, 7) is 0. The van der Waals surface area contributed by atoms with Crippen molar-refractivity contribution in [1.29, 1.82) is 0 Å². The highest BCUT2D eigenvalue weighted by molar-refractivity contribution is 5.88. The summed E-state index contributed by atoms with van der Waals surface area (Å²) in [5.74, 6) is 0.306. The Morgan fingerprint density at radius 1 is 1.14 bits per heavy atom. The Hall–Kier alpha value is -1.88. The first kappa shape index (κ1) is 8.71. The van der Waals surface area contributed by atoms with Crippen LogP contribution in [-0.4, -0.2) is 0 Å². The number of fused-ring (bicyclic) bond motifs is 1. The smallest absolute Gasteiger partial charge is 0.175 e. The maximum atomic E-state index is 13.2. The van der Waals surface area contributed by atoms with Crippen LogP contribution in [0.25, 0.3) is 10.8 Å². The maximum Gasteiger partial charge on any atom is 0.175 e. The van der Waals surface area contributed by atoms with Gasteiger partial charge in [0.2, 0.25) is 0 Å². The van der Waals surface area contributed by atoms with Crippen LogP contribution in [0.1, 0.15) is 5.56 Å². The van der Waals surface area contributed by atoms with Crippen LogP contribution in [-0.2, 0) is 0 Å². The van der Waals surface area contributed by atoms with Crippen molar-refractivity contribution in [3.05, 3.63) is 47.5 Å². The summed E-state index contributed by atoms with van der Waals surface area (Å²) < 4.78 is 26.2. The lowest BCUT2D eigenvalue weighted by molar-refractivity contribution is 0.509. The van der Waals surface area contributed by atoms with Gasteiger partial charge in [-0.05, 0) is 11.5 Å². The Kier molecular flexibility index (Phi) is 1.94. The summed E-state index contributed by atoms with van der Waals surface area (Å²) in [5, 5.41) is 1.17. The van der Waals surface area contributed by atoms with E-state index in [2.05, 4.69) is 5.92 Å². The molecule has 0 aliphatic carbocycles. The number of hydrogen-bond donors (Lipinski definition) is 0. The second-order valence-electron chi connectivity index (χ2n) is 2.91. The van der Waals surface area contributed by atoms with Crippen molar-refractivity contribution in [3.8, 4) is 12.3 Å². The van der Waals surface area contributed by atoms with Gasteiger partial charge in [-0.25, -0.2) is 8.78 Å². The summed E-state index contributed by atoms with van der Waals surface area (Å²) in [6.07, 6.45) is 5.13. The molecule has 0 nitrogen and oxygen atoms in total. The van der Waals surface area contributed by atoms with Crippen LogP contribution in [0.2, 0.25) is 0 Å². The second kappa shape index (κ2) is 3.12. The van der Waals surface area contributed by atoms with Crippen molar-refractivity contribution in [2.75, 3.05) is 0 Å². The van der Waals surface area contributed by atoms with Crippen LogP contribution in [0.4, 0.5) is 8.78 Å². The Bertz CT molecular complexity index is 536. The molecule has 2 heteroatoms. The number of hydrogen-bond acceptors (Lipinski definition) is 0. The van der Waals surface area contributed by atoms with Crippen LogP contribution >= 0.6 is 0 Å². The van der Waals surface area contributed by atoms with E-state index in [1.807, 2.05) is 0 Å². The molecule has 0 aliphatic heterocycles. The van der Waals surface area contributed by atoms with Gasteiger partial charge < -0.3 is 0 Å². The van der Waals surface area contributed by atoms with Gasteiger partial charge in [-0.2, -0.15) is 0 Å². The molecule has 0 saturated heterocycles. The van der Waals surface area contributed by atoms with Gasteiger partial charge in [0.1, 0.15) is 0 Å². The second-order valence-corrected chi connectivity index (χ2v) is 2.91. The topological polar surface area (TPSA) is 0 Å². The van der Waals surface area contributed by atoms with Crippen LogP contribution in [0.5, 0.6) is 0 Å². The molecule has 0 bridgehead atoms. The number of terminal acetylenes is 1. The van der Waals surface area contributed by atoms with E-state index >= 15 is 0 Å². The van der Waals surface area contributed by atoms with E-state index in [1.54, 1.807) is 24.3 Å². The lowest BCUT2D eigenvalue weighted by atomic mass is 10.0. The third kappa shape index (κ3) is 1.14. The van der Waals surface area contributed by atoms with Gasteiger partial charge in [0.25, 0.3) is 0 Å². The molecule has 0 N–H and O–H groups in total. The van der Waals surface area contributed by atoms with Gasteiger partial charge in [-0.3, -0.25) is 0 Å². The number of benzene rings is 2. The lowest BCUT2D eigenvalue weighted by Crippen LogP contribution is -1.91. The highest BCUT2D eigenvalue weighted by Gasteiger charge is 2.10. The molecule has 0 unspecified atom stereocenters. The van der Waals surface area contributed by atoms with Crippen molar-refractivity contribution in [3.63, 3.8) is 0 Å². The van der Waals surface area contributed by atoms with Crippen molar-refractivity contribution in [1.82, 2.24) is 0 Å². The quantitative estimate of drug-likeness (QED) is 0.557. The summed E-state index contributed by atoms with van der Waals surface area (Å²) in [7, 11) is 0. The van der Waals surface area contributed by atoms with E-state index in [9.17, 15) is 8.78 Å². The van der Waals surface area contributed by atoms with E-state index < -0.39 is 11.6 Å². The molecule has 0 saturated carbocycles. The Morgan fingerprint density at radius 2 is 1.86 bits per heavy atom. The summed E-state index contributed by atoms with van der Waals surface area (Å²) in [4.78, 5) is 0. The monoisotopic (exact) mass is 188 g/mol. The highest BCUT2D eigenvalue weighted by Crippen LogP contribution is 2.23. The van der Waals surface area contributed by atoms with E-state index in [4.69, 9.17) is 6.42 Å². The van der Waals surface area contributed by atoms with Gasteiger partial charge >= 0.3 is 0 Å². The molecule has 2 rings (SSSR count). The van der Waals surface area contributed by atoms with Gasteiger partial charge in [-0.15, -0.1) is 6.42 Å². The predicted molar refractivity (Wildman–Crippen MR) is 51.8 cm³/mol. The summed E-state index contributed by atoms with van der Waals surface area (Å²) in [5.41, 5.74) is -0.0133. The van der Waals surface area contributed by atoms with Gasteiger partial charge in [0.05, 0.1) is 5.56 Å². The zero-order valence-corrected chi connectivity index (χ0v) is 7.22. The minimum absolute atomic E-state index is 0.0133. The summed E-state index contributed by atoms with van der Waals surface area (Å²) in [6, 6.07) is 8.00. The number of rotatable bonds is 0. The molecule has 0 aromatic heterocycles. The first-order valence-corrected chi connectivity index (χ1v) is 4.07. The van der Waals surface area contributed by atoms with Gasteiger partial charge in [0.15, 0.2) is 11.6 Å². The molecule has 0 radical (unpaired) electrons.